The summed E-state index contributed by atoms with van der Waals surface area (Å²) in [5.41, 5.74) is 12.8. The van der Waals surface area contributed by atoms with Gasteiger partial charge in [0.2, 0.25) is 0 Å². The van der Waals surface area contributed by atoms with E-state index in [0.29, 0.717) is 16.3 Å². The molecule has 0 aliphatic rings. The minimum atomic E-state index is -0.634. The third-order valence-corrected chi connectivity index (χ3v) is 6.83. The lowest BCUT2D eigenvalue weighted by Gasteiger charge is -2.22. The molecule has 6 heteroatoms. The van der Waals surface area contributed by atoms with Gasteiger partial charge in [-0.3, -0.25) is 4.79 Å². The number of ketones is 1. The molecule has 0 aromatic heterocycles. The van der Waals surface area contributed by atoms with Gasteiger partial charge in [0.15, 0.2) is 5.78 Å². The van der Waals surface area contributed by atoms with Gasteiger partial charge in [-0.15, -0.1) is 0 Å². The molecule has 3 aromatic carbocycles. The molecule has 0 radical (unpaired) electrons. The van der Waals surface area contributed by atoms with Crippen LogP contribution < -0.4 is 11.1 Å². The predicted octanol–water partition coefficient (Wildman–Crippen LogP) is 8.79. The lowest BCUT2D eigenvalue weighted by atomic mass is 9.85. The van der Waals surface area contributed by atoms with Crippen LogP contribution in [0.2, 0.25) is 15.1 Å². The molecule has 0 heterocycles. The summed E-state index contributed by atoms with van der Waals surface area (Å²) < 4.78 is 0. The second kappa shape index (κ2) is 8.97. The molecule has 3 rings (SSSR count). The smallest absolute Gasteiger partial charge is 0.171 e. The van der Waals surface area contributed by atoms with E-state index in [2.05, 4.69) is 18.3 Å². The Labute approximate surface area is 204 Å². The summed E-state index contributed by atoms with van der Waals surface area (Å²) in [6.07, 6.45) is 0. The Morgan fingerprint density at radius 2 is 1.41 bits per heavy atom. The fraction of sp³-hybridized carbons (Fsp3) is 0.269. The molecule has 0 atom stereocenters. The van der Waals surface area contributed by atoms with E-state index in [9.17, 15) is 4.79 Å². The highest BCUT2D eigenvalue weighted by Gasteiger charge is 2.30. The van der Waals surface area contributed by atoms with Crippen LogP contribution in [0.5, 0.6) is 0 Å². The third kappa shape index (κ3) is 4.61. The van der Waals surface area contributed by atoms with Crippen molar-refractivity contribution in [3.63, 3.8) is 0 Å². The molecule has 0 aliphatic heterocycles. The maximum atomic E-state index is 12.9. The number of nitrogens with two attached hydrogens (primary N) is 1. The number of carbonyl (C=O) groups is 1. The van der Waals surface area contributed by atoms with E-state index >= 15 is 0 Å². The predicted molar refractivity (Wildman–Crippen MR) is 139 cm³/mol. The van der Waals surface area contributed by atoms with Crippen LogP contribution in [0.25, 0.3) is 11.1 Å². The van der Waals surface area contributed by atoms with Crippen LogP contribution in [0.15, 0.2) is 36.4 Å². The molecule has 3 N–H and O–H groups in total. The number of benzene rings is 3. The fourth-order valence-corrected chi connectivity index (χ4v) is 4.56. The number of Topliss-reactive ketones (excluding diaryl/α,β-unsaturated/α-hetero) is 1. The summed E-state index contributed by atoms with van der Waals surface area (Å²) in [4.78, 5) is 12.9. The second-order valence-electron chi connectivity index (χ2n) is 9.13. The van der Waals surface area contributed by atoms with E-state index in [1.54, 1.807) is 0 Å². The number of nitrogen functional groups attached to an aromatic ring is 1. The highest BCUT2D eigenvalue weighted by Crippen LogP contribution is 2.44. The van der Waals surface area contributed by atoms with Gasteiger partial charge in [0.25, 0.3) is 0 Å². The molecule has 0 bridgehead atoms. The van der Waals surface area contributed by atoms with Crippen LogP contribution in [-0.2, 0) is 0 Å². The summed E-state index contributed by atoms with van der Waals surface area (Å²) in [5.74, 6) is -0.150. The number of hydrogen-bond donors (Lipinski definition) is 2. The van der Waals surface area contributed by atoms with Gasteiger partial charge in [0.05, 0.1) is 26.3 Å². The Morgan fingerprint density at radius 3 is 1.94 bits per heavy atom. The average molecular weight is 490 g/mol. The first-order valence-corrected chi connectivity index (χ1v) is 11.4. The SMILES string of the molecule is Cc1cc(N)ccc1-c1ccc(Nc2c(C)c(Cl)c(C(=O)C(C)(C)C)c(Cl)c2Cl)cc1C. The lowest BCUT2D eigenvalue weighted by Crippen LogP contribution is -2.21. The van der Waals surface area contributed by atoms with Crippen molar-refractivity contribution < 1.29 is 4.79 Å². The zero-order valence-electron chi connectivity index (χ0n) is 19.1. The minimum absolute atomic E-state index is 0.150. The van der Waals surface area contributed by atoms with E-state index in [0.717, 1.165) is 33.6 Å². The van der Waals surface area contributed by atoms with E-state index in [1.807, 2.05) is 65.0 Å². The molecule has 0 saturated heterocycles. The summed E-state index contributed by atoms with van der Waals surface area (Å²) in [7, 11) is 0. The quantitative estimate of drug-likeness (QED) is 0.219. The average Bonchev–Trinajstić information content (AvgIpc) is 2.70. The fourth-order valence-electron chi connectivity index (χ4n) is 3.68. The van der Waals surface area contributed by atoms with Crippen molar-refractivity contribution in [1.82, 2.24) is 0 Å². The van der Waals surface area contributed by atoms with E-state index in [4.69, 9.17) is 40.5 Å². The van der Waals surface area contributed by atoms with Gasteiger partial charge in [0, 0.05) is 16.8 Å². The zero-order valence-corrected chi connectivity index (χ0v) is 21.4. The highest BCUT2D eigenvalue weighted by molar-refractivity contribution is 6.48. The number of halogens is 3. The van der Waals surface area contributed by atoms with Crippen LogP contribution in [-0.4, -0.2) is 5.78 Å². The van der Waals surface area contributed by atoms with Crippen molar-refractivity contribution in [2.75, 3.05) is 11.1 Å². The van der Waals surface area contributed by atoms with Gasteiger partial charge in [-0.25, -0.2) is 0 Å². The highest BCUT2D eigenvalue weighted by atomic mass is 35.5. The van der Waals surface area contributed by atoms with Crippen molar-refractivity contribution in [2.24, 2.45) is 5.41 Å². The van der Waals surface area contributed by atoms with Crippen LogP contribution in [0.1, 0.15) is 47.8 Å². The molecule has 0 unspecified atom stereocenters. The van der Waals surface area contributed by atoms with Crippen molar-refractivity contribution in [3.8, 4) is 11.1 Å². The van der Waals surface area contributed by atoms with Crippen LogP contribution >= 0.6 is 34.8 Å². The number of hydrogen-bond acceptors (Lipinski definition) is 3. The molecule has 32 heavy (non-hydrogen) atoms. The first-order chi connectivity index (χ1) is 14.8. The first-order valence-electron chi connectivity index (χ1n) is 10.3. The molecular formula is C26H27Cl3N2O. The maximum absolute atomic E-state index is 12.9. The summed E-state index contributed by atoms with van der Waals surface area (Å²) >= 11 is 19.7. The first kappa shape index (κ1) is 24.4. The zero-order chi connectivity index (χ0) is 24.0. The van der Waals surface area contributed by atoms with Crippen molar-refractivity contribution in [2.45, 2.75) is 41.5 Å². The molecule has 0 amide bonds. The molecule has 0 aliphatic carbocycles. The third-order valence-electron chi connectivity index (χ3n) is 5.50. The summed E-state index contributed by atoms with van der Waals surface area (Å²) in [5, 5.41) is 4.09. The van der Waals surface area contributed by atoms with Gasteiger partial charge in [-0.2, -0.15) is 0 Å². The molecule has 0 spiro atoms. The maximum Gasteiger partial charge on any atom is 0.171 e. The Morgan fingerprint density at radius 1 is 0.844 bits per heavy atom. The second-order valence-corrected chi connectivity index (χ2v) is 10.3. The van der Waals surface area contributed by atoms with Crippen molar-refractivity contribution in [3.05, 3.63) is 73.7 Å². The Kier molecular flexibility index (Phi) is 6.86. The van der Waals surface area contributed by atoms with Gasteiger partial charge >= 0.3 is 0 Å². The Hall–Kier alpha value is -2.20. The van der Waals surface area contributed by atoms with E-state index < -0.39 is 5.41 Å². The lowest BCUT2D eigenvalue weighted by molar-refractivity contribution is 0.0858. The molecule has 0 fully saturated rings. The normalized spacial score (nSPS) is 11.5. The number of nitrogens with one attached hydrogen (secondary N) is 1. The number of anilines is 3. The van der Waals surface area contributed by atoms with Gasteiger partial charge in [-0.1, -0.05) is 67.7 Å². The molecule has 168 valence electrons. The number of aryl methyl sites for hydroxylation is 2. The van der Waals surface area contributed by atoms with E-state index in [1.165, 1.54) is 0 Å². The van der Waals surface area contributed by atoms with Crippen LogP contribution in [0.3, 0.4) is 0 Å². The largest absolute Gasteiger partial charge is 0.399 e. The van der Waals surface area contributed by atoms with Crippen molar-refractivity contribution in [1.29, 1.82) is 0 Å². The van der Waals surface area contributed by atoms with Gasteiger partial charge in [0.1, 0.15) is 0 Å². The summed E-state index contributed by atoms with van der Waals surface area (Å²) in [6.45, 7) is 11.4. The molecule has 0 saturated carbocycles. The minimum Gasteiger partial charge on any atom is -0.399 e. The van der Waals surface area contributed by atoms with Gasteiger partial charge in [-0.05, 0) is 72.9 Å². The topological polar surface area (TPSA) is 55.1 Å². The summed E-state index contributed by atoms with van der Waals surface area (Å²) in [6, 6.07) is 12.0. The van der Waals surface area contributed by atoms with Crippen LogP contribution in [0.4, 0.5) is 17.1 Å². The number of carbonyl (C=O) groups excluding carboxylic acids is 1. The van der Waals surface area contributed by atoms with E-state index in [-0.39, 0.29) is 21.4 Å². The standard InChI is InChI=1S/C26H27Cl3N2O/c1-13-11-16(30)7-9-18(13)19-10-8-17(12-14(19)2)31-24-15(3)21(27)20(22(28)23(24)29)25(32)26(4,5)6/h7-12,31H,30H2,1-6H3. The Balaban J connectivity index is 2.03. The van der Waals surface area contributed by atoms with Gasteiger partial charge < -0.3 is 11.1 Å². The monoisotopic (exact) mass is 488 g/mol. The Bertz CT molecular complexity index is 1200. The molecular weight excluding hydrogens is 463 g/mol. The van der Waals surface area contributed by atoms with Crippen molar-refractivity contribution >= 4 is 57.6 Å². The number of rotatable bonds is 4. The molecule has 3 nitrogen and oxygen atoms in total. The van der Waals surface area contributed by atoms with Crippen LogP contribution in [0, 0.1) is 26.2 Å². The molecule has 3 aromatic rings.